The molecule has 0 aromatic carbocycles. The molecule has 0 aliphatic carbocycles. The van der Waals surface area contributed by atoms with Crippen LogP contribution in [0.3, 0.4) is 0 Å². The van der Waals surface area contributed by atoms with Gasteiger partial charge in [0.1, 0.15) is 24.8 Å². The van der Waals surface area contributed by atoms with Crippen molar-refractivity contribution >= 4 is 11.7 Å². The summed E-state index contributed by atoms with van der Waals surface area (Å²) in [5, 5.41) is 4.03. The van der Waals surface area contributed by atoms with Gasteiger partial charge >= 0.3 is 0 Å². The third-order valence-corrected chi connectivity index (χ3v) is 4.67. The summed E-state index contributed by atoms with van der Waals surface area (Å²) in [6.45, 7) is 4.95. The molecule has 2 aliphatic heterocycles. The molecule has 2 aromatic rings. The minimum Gasteiger partial charge on any atom is -0.378 e. The Labute approximate surface area is 145 Å². The average molecular weight is 343 g/mol. The predicted molar refractivity (Wildman–Crippen MR) is 88.8 cm³/mol. The molecule has 1 fully saturated rings. The van der Waals surface area contributed by atoms with E-state index in [0.717, 1.165) is 44.2 Å². The van der Waals surface area contributed by atoms with Crippen molar-refractivity contribution in [2.75, 3.05) is 37.7 Å². The number of fused-ring (bicyclic) bond motifs is 1. The van der Waals surface area contributed by atoms with Gasteiger partial charge in [0.2, 0.25) is 5.91 Å². The Kier molecular flexibility index (Phi) is 4.55. The lowest BCUT2D eigenvalue weighted by atomic mass is 10.0. The van der Waals surface area contributed by atoms with Crippen LogP contribution in [0.4, 0.5) is 5.82 Å². The van der Waals surface area contributed by atoms with Crippen molar-refractivity contribution in [1.29, 1.82) is 0 Å². The number of anilines is 1. The first kappa shape index (κ1) is 15.9. The molecule has 0 N–H and O–H groups in total. The molecule has 9 heteroatoms. The van der Waals surface area contributed by atoms with Crippen molar-refractivity contribution in [1.82, 2.24) is 29.6 Å². The molecule has 132 valence electrons. The molecule has 0 saturated carbocycles. The van der Waals surface area contributed by atoms with Crippen LogP contribution in [0.25, 0.3) is 0 Å². The van der Waals surface area contributed by atoms with Crippen LogP contribution >= 0.6 is 0 Å². The highest BCUT2D eigenvalue weighted by Gasteiger charge is 2.26. The van der Waals surface area contributed by atoms with Gasteiger partial charge in [-0.05, 0) is 6.42 Å². The Bertz CT molecular complexity index is 728. The Hall–Kier alpha value is -2.55. The van der Waals surface area contributed by atoms with Crippen LogP contribution in [0.2, 0.25) is 0 Å². The molecule has 0 spiro atoms. The molecule has 9 nitrogen and oxygen atoms in total. The van der Waals surface area contributed by atoms with Gasteiger partial charge in [-0.1, -0.05) is 0 Å². The molecule has 25 heavy (non-hydrogen) atoms. The maximum absolute atomic E-state index is 12.5. The number of aromatic nitrogens is 5. The fraction of sp³-hybridized carbons (Fsp3) is 0.562. The van der Waals surface area contributed by atoms with E-state index in [-0.39, 0.29) is 5.91 Å². The van der Waals surface area contributed by atoms with Crippen LogP contribution in [0.5, 0.6) is 0 Å². The van der Waals surface area contributed by atoms with E-state index in [2.05, 4.69) is 25.0 Å². The maximum atomic E-state index is 12.5. The second-order valence-corrected chi connectivity index (χ2v) is 6.20. The highest BCUT2D eigenvalue weighted by molar-refractivity contribution is 5.76. The smallest absolute Gasteiger partial charge is 0.224 e. The Morgan fingerprint density at radius 1 is 1.16 bits per heavy atom. The SMILES string of the molecule is O=C(CCn1cncn1)N1CCc2c(ncnc2N2CCOCC2)C1. The van der Waals surface area contributed by atoms with Gasteiger partial charge in [0, 0.05) is 31.6 Å². The number of morpholine rings is 1. The van der Waals surface area contributed by atoms with Crippen LogP contribution < -0.4 is 4.90 Å². The summed E-state index contributed by atoms with van der Waals surface area (Å²) < 4.78 is 7.10. The summed E-state index contributed by atoms with van der Waals surface area (Å²) in [6, 6.07) is 0. The predicted octanol–water partition coefficient (Wildman–Crippen LogP) is -0.120. The van der Waals surface area contributed by atoms with Crippen molar-refractivity contribution in [3.63, 3.8) is 0 Å². The van der Waals surface area contributed by atoms with Crippen molar-refractivity contribution < 1.29 is 9.53 Å². The van der Waals surface area contributed by atoms with Crippen molar-refractivity contribution in [2.45, 2.75) is 25.9 Å². The minimum absolute atomic E-state index is 0.118. The lowest BCUT2D eigenvalue weighted by Gasteiger charge is -2.33. The summed E-state index contributed by atoms with van der Waals surface area (Å²) in [5.74, 6) is 1.12. The summed E-state index contributed by atoms with van der Waals surface area (Å²) in [6.07, 6.45) is 5.91. The van der Waals surface area contributed by atoms with Crippen LogP contribution in [0, 0.1) is 0 Å². The molecule has 4 rings (SSSR count). The number of carbonyl (C=O) groups excluding carboxylic acids is 1. The quantitative estimate of drug-likeness (QED) is 0.764. The number of carbonyl (C=O) groups is 1. The van der Waals surface area contributed by atoms with E-state index < -0.39 is 0 Å². The fourth-order valence-corrected chi connectivity index (χ4v) is 3.31. The third kappa shape index (κ3) is 3.46. The van der Waals surface area contributed by atoms with Gasteiger partial charge in [0.05, 0.1) is 32.0 Å². The summed E-state index contributed by atoms with van der Waals surface area (Å²) in [5.41, 5.74) is 2.13. The lowest BCUT2D eigenvalue weighted by molar-refractivity contribution is -0.132. The monoisotopic (exact) mass is 343 g/mol. The largest absolute Gasteiger partial charge is 0.378 e. The number of hydrogen-bond acceptors (Lipinski definition) is 7. The highest BCUT2D eigenvalue weighted by atomic mass is 16.5. The van der Waals surface area contributed by atoms with Gasteiger partial charge < -0.3 is 14.5 Å². The van der Waals surface area contributed by atoms with Crippen molar-refractivity contribution in [2.24, 2.45) is 0 Å². The number of amides is 1. The van der Waals surface area contributed by atoms with E-state index >= 15 is 0 Å². The van der Waals surface area contributed by atoms with Crippen LogP contribution in [-0.4, -0.2) is 68.4 Å². The number of hydrogen-bond donors (Lipinski definition) is 0. The lowest BCUT2D eigenvalue weighted by Crippen LogP contribution is -2.40. The number of rotatable bonds is 4. The van der Waals surface area contributed by atoms with E-state index in [1.165, 1.54) is 11.9 Å². The van der Waals surface area contributed by atoms with E-state index in [9.17, 15) is 4.79 Å². The van der Waals surface area contributed by atoms with Gasteiger partial charge in [0.15, 0.2) is 0 Å². The topological polar surface area (TPSA) is 89.3 Å². The van der Waals surface area contributed by atoms with E-state index in [1.54, 1.807) is 17.3 Å². The van der Waals surface area contributed by atoms with Crippen LogP contribution in [0.15, 0.2) is 19.0 Å². The molecule has 0 bridgehead atoms. The molecule has 0 radical (unpaired) electrons. The molecular weight excluding hydrogens is 322 g/mol. The number of nitrogens with zero attached hydrogens (tertiary/aromatic N) is 7. The number of aryl methyl sites for hydroxylation is 1. The number of ether oxygens (including phenoxy) is 1. The highest BCUT2D eigenvalue weighted by Crippen LogP contribution is 2.26. The molecule has 2 aliphatic rings. The van der Waals surface area contributed by atoms with Gasteiger partial charge in [0.25, 0.3) is 0 Å². The van der Waals surface area contributed by atoms with Crippen molar-refractivity contribution in [3.05, 3.63) is 30.2 Å². The first-order valence-electron chi connectivity index (χ1n) is 8.57. The molecule has 0 atom stereocenters. The zero-order valence-corrected chi connectivity index (χ0v) is 14.0. The van der Waals surface area contributed by atoms with Gasteiger partial charge in [-0.3, -0.25) is 9.48 Å². The summed E-state index contributed by atoms with van der Waals surface area (Å²) in [4.78, 5) is 29.4. The zero-order valence-electron chi connectivity index (χ0n) is 14.0. The summed E-state index contributed by atoms with van der Waals surface area (Å²) in [7, 11) is 0. The molecule has 1 amide bonds. The minimum atomic E-state index is 0.118. The Balaban J connectivity index is 1.43. The molecule has 0 unspecified atom stereocenters. The summed E-state index contributed by atoms with van der Waals surface area (Å²) >= 11 is 0. The molecule has 4 heterocycles. The first-order chi connectivity index (χ1) is 12.3. The fourth-order valence-electron chi connectivity index (χ4n) is 3.31. The molecule has 1 saturated heterocycles. The van der Waals surface area contributed by atoms with Gasteiger partial charge in [-0.15, -0.1) is 0 Å². The molecule has 2 aromatic heterocycles. The normalized spacial score (nSPS) is 17.4. The van der Waals surface area contributed by atoms with E-state index in [1.807, 2.05) is 4.90 Å². The van der Waals surface area contributed by atoms with E-state index in [0.29, 0.717) is 26.1 Å². The third-order valence-electron chi connectivity index (χ3n) is 4.67. The van der Waals surface area contributed by atoms with E-state index in [4.69, 9.17) is 4.74 Å². The second kappa shape index (κ2) is 7.14. The van der Waals surface area contributed by atoms with Gasteiger partial charge in [-0.25, -0.2) is 15.0 Å². The van der Waals surface area contributed by atoms with Crippen molar-refractivity contribution in [3.8, 4) is 0 Å². The Morgan fingerprint density at radius 2 is 2.04 bits per heavy atom. The second-order valence-electron chi connectivity index (χ2n) is 6.20. The van der Waals surface area contributed by atoms with Crippen LogP contribution in [0.1, 0.15) is 17.7 Å². The molecular formula is C16H21N7O2. The standard InChI is InChI=1S/C16H21N7O2/c24-15(2-4-23-12-17-10-20-23)22-3-1-13-14(9-22)18-11-19-16(13)21-5-7-25-8-6-21/h10-12H,1-9H2. The first-order valence-corrected chi connectivity index (χ1v) is 8.57. The van der Waals surface area contributed by atoms with Crippen LogP contribution in [-0.2, 0) is 29.0 Å². The maximum Gasteiger partial charge on any atom is 0.224 e. The Morgan fingerprint density at radius 3 is 2.84 bits per heavy atom. The zero-order chi connectivity index (χ0) is 17.1. The van der Waals surface area contributed by atoms with Gasteiger partial charge in [-0.2, -0.15) is 5.10 Å². The average Bonchev–Trinajstić information content (AvgIpc) is 3.19.